The van der Waals surface area contributed by atoms with Crippen molar-refractivity contribution < 1.29 is 9.72 Å². The second kappa shape index (κ2) is 7.29. The Labute approximate surface area is 144 Å². The molecule has 1 N–H and O–H groups in total. The lowest BCUT2D eigenvalue weighted by Gasteiger charge is -2.30. The molecule has 1 fully saturated rings. The number of hydrogen-bond donors (Lipinski definition) is 1. The molecule has 0 radical (unpaired) electrons. The molecule has 2 aromatic rings. The Morgan fingerprint density at radius 1 is 1.36 bits per heavy atom. The third kappa shape index (κ3) is 3.93. The molecule has 0 bridgehead atoms. The van der Waals surface area contributed by atoms with E-state index in [1.54, 1.807) is 19.3 Å². The fourth-order valence-electron chi connectivity index (χ4n) is 2.98. The molecule has 0 aromatic carbocycles. The molecule has 0 unspecified atom stereocenters. The van der Waals surface area contributed by atoms with Gasteiger partial charge in [0.2, 0.25) is 11.7 Å². The van der Waals surface area contributed by atoms with E-state index in [-0.39, 0.29) is 18.3 Å². The van der Waals surface area contributed by atoms with Crippen LogP contribution in [0.5, 0.6) is 0 Å². The van der Waals surface area contributed by atoms with Crippen LogP contribution in [0.1, 0.15) is 25.1 Å². The Hall–Kier alpha value is -2.97. The van der Waals surface area contributed by atoms with Gasteiger partial charge in [0.15, 0.2) is 0 Å². The van der Waals surface area contributed by atoms with E-state index in [0.717, 1.165) is 31.6 Å². The van der Waals surface area contributed by atoms with E-state index in [1.165, 1.54) is 17.2 Å². The maximum atomic E-state index is 12.4. The molecule has 0 aliphatic carbocycles. The van der Waals surface area contributed by atoms with Crippen molar-refractivity contribution in [2.24, 2.45) is 0 Å². The molecule has 0 spiro atoms. The maximum Gasteiger partial charge on any atom is 0.381 e. The SMILES string of the molecule is Cc1nc([N+](=O)[O-])cn1CC(=O)Nc1cnccc1N1CCCCC1. The van der Waals surface area contributed by atoms with Gasteiger partial charge in [0.25, 0.3) is 0 Å². The number of rotatable bonds is 5. The van der Waals surface area contributed by atoms with Gasteiger partial charge < -0.3 is 20.3 Å². The van der Waals surface area contributed by atoms with Crippen LogP contribution in [0.25, 0.3) is 0 Å². The highest BCUT2D eigenvalue weighted by Gasteiger charge is 2.19. The van der Waals surface area contributed by atoms with Gasteiger partial charge in [-0.15, -0.1) is 0 Å². The Bertz CT molecular complexity index is 782. The minimum absolute atomic E-state index is 0.0407. The predicted molar refractivity (Wildman–Crippen MR) is 92.5 cm³/mol. The number of aryl methyl sites for hydroxylation is 1. The molecule has 3 rings (SSSR count). The van der Waals surface area contributed by atoms with Gasteiger partial charge >= 0.3 is 5.82 Å². The number of imidazole rings is 1. The van der Waals surface area contributed by atoms with Gasteiger partial charge in [-0.3, -0.25) is 14.3 Å². The van der Waals surface area contributed by atoms with Crippen molar-refractivity contribution >= 4 is 23.1 Å². The molecule has 9 heteroatoms. The number of carbonyl (C=O) groups is 1. The molecule has 0 saturated carbocycles. The van der Waals surface area contributed by atoms with Crippen molar-refractivity contribution in [3.05, 3.63) is 40.6 Å². The van der Waals surface area contributed by atoms with E-state index in [0.29, 0.717) is 11.5 Å². The average Bonchev–Trinajstić information content (AvgIpc) is 2.97. The van der Waals surface area contributed by atoms with Gasteiger partial charge in [0, 0.05) is 26.2 Å². The molecule has 1 aliphatic rings. The first-order chi connectivity index (χ1) is 12.0. The van der Waals surface area contributed by atoms with E-state index in [4.69, 9.17) is 0 Å². The van der Waals surface area contributed by atoms with Gasteiger partial charge in [0.05, 0.1) is 17.6 Å². The van der Waals surface area contributed by atoms with E-state index >= 15 is 0 Å². The van der Waals surface area contributed by atoms with Crippen molar-refractivity contribution in [3.63, 3.8) is 0 Å². The topological polar surface area (TPSA) is 106 Å². The number of amides is 1. The summed E-state index contributed by atoms with van der Waals surface area (Å²) in [4.78, 5) is 32.7. The van der Waals surface area contributed by atoms with Crippen LogP contribution in [0.3, 0.4) is 0 Å². The largest absolute Gasteiger partial charge is 0.381 e. The predicted octanol–water partition coefficient (Wildman–Crippen LogP) is 2.12. The zero-order valence-electron chi connectivity index (χ0n) is 14.0. The lowest BCUT2D eigenvalue weighted by atomic mass is 10.1. The van der Waals surface area contributed by atoms with E-state index in [1.807, 2.05) is 6.07 Å². The van der Waals surface area contributed by atoms with Crippen molar-refractivity contribution in [2.45, 2.75) is 32.7 Å². The Morgan fingerprint density at radius 2 is 2.12 bits per heavy atom. The van der Waals surface area contributed by atoms with Crippen molar-refractivity contribution in [1.82, 2.24) is 14.5 Å². The van der Waals surface area contributed by atoms with E-state index < -0.39 is 4.92 Å². The molecule has 1 amide bonds. The molecule has 1 aliphatic heterocycles. The number of nitro groups is 1. The lowest BCUT2D eigenvalue weighted by molar-refractivity contribution is -0.389. The number of hydrogen-bond acceptors (Lipinski definition) is 6. The van der Waals surface area contributed by atoms with Gasteiger partial charge in [-0.25, -0.2) is 0 Å². The fraction of sp³-hybridized carbons (Fsp3) is 0.438. The monoisotopic (exact) mass is 344 g/mol. The molecule has 25 heavy (non-hydrogen) atoms. The Balaban J connectivity index is 1.72. The summed E-state index contributed by atoms with van der Waals surface area (Å²) < 4.78 is 1.46. The minimum atomic E-state index is -0.572. The van der Waals surface area contributed by atoms with Crippen LogP contribution < -0.4 is 10.2 Å². The van der Waals surface area contributed by atoms with E-state index in [9.17, 15) is 14.9 Å². The first-order valence-electron chi connectivity index (χ1n) is 8.21. The van der Waals surface area contributed by atoms with Crippen molar-refractivity contribution in [1.29, 1.82) is 0 Å². The summed E-state index contributed by atoms with van der Waals surface area (Å²) in [5, 5.41) is 13.6. The lowest BCUT2D eigenvalue weighted by Crippen LogP contribution is -2.30. The second-order valence-electron chi connectivity index (χ2n) is 6.02. The zero-order chi connectivity index (χ0) is 17.8. The summed E-state index contributed by atoms with van der Waals surface area (Å²) in [5.74, 6) is -0.119. The van der Waals surface area contributed by atoms with E-state index in [2.05, 4.69) is 20.2 Å². The summed E-state index contributed by atoms with van der Waals surface area (Å²) in [7, 11) is 0. The fourth-order valence-corrected chi connectivity index (χ4v) is 2.98. The van der Waals surface area contributed by atoms with Gasteiger partial charge in [-0.2, -0.15) is 0 Å². The van der Waals surface area contributed by atoms with Crippen LogP contribution in [0.4, 0.5) is 17.2 Å². The minimum Gasteiger partial charge on any atom is -0.370 e. The zero-order valence-corrected chi connectivity index (χ0v) is 14.0. The standard InChI is InChI=1S/C16H20N6O3/c1-12-18-15(22(24)25)10-21(12)11-16(23)19-13-9-17-6-5-14(13)20-7-3-2-4-8-20/h5-6,9-10H,2-4,7-8,11H2,1H3,(H,19,23). The number of pyridine rings is 1. The number of piperidine rings is 1. The number of nitrogens with one attached hydrogen (secondary N) is 1. The molecule has 132 valence electrons. The highest BCUT2D eigenvalue weighted by atomic mass is 16.6. The Kier molecular flexibility index (Phi) is 4.92. The van der Waals surface area contributed by atoms with Crippen LogP contribution in [0.15, 0.2) is 24.7 Å². The molecular weight excluding hydrogens is 324 g/mol. The van der Waals surface area contributed by atoms with Crippen molar-refractivity contribution in [2.75, 3.05) is 23.3 Å². The smallest absolute Gasteiger partial charge is 0.370 e. The summed E-state index contributed by atoms with van der Waals surface area (Å²) in [6.07, 6.45) is 8.10. The molecule has 3 heterocycles. The molecule has 2 aromatic heterocycles. The summed E-state index contributed by atoms with van der Waals surface area (Å²) >= 11 is 0. The maximum absolute atomic E-state index is 12.4. The second-order valence-corrected chi connectivity index (χ2v) is 6.02. The van der Waals surface area contributed by atoms with Gasteiger partial charge in [-0.05, 0) is 35.2 Å². The molecule has 1 saturated heterocycles. The van der Waals surface area contributed by atoms with Crippen LogP contribution in [0.2, 0.25) is 0 Å². The summed E-state index contributed by atoms with van der Waals surface area (Å²) in [6, 6.07) is 1.90. The van der Waals surface area contributed by atoms with Crippen LogP contribution in [-0.4, -0.2) is 38.5 Å². The highest BCUT2D eigenvalue weighted by Crippen LogP contribution is 2.27. The summed E-state index contributed by atoms with van der Waals surface area (Å²) in [5.41, 5.74) is 1.61. The Morgan fingerprint density at radius 3 is 2.80 bits per heavy atom. The average molecular weight is 344 g/mol. The van der Waals surface area contributed by atoms with Gasteiger partial charge in [-0.1, -0.05) is 0 Å². The number of nitrogens with zero attached hydrogens (tertiary/aromatic N) is 5. The summed E-state index contributed by atoms with van der Waals surface area (Å²) in [6.45, 7) is 3.50. The highest BCUT2D eigenvalue weighted by molar-refractivity contribution is 5.94. The number of anilines is 2. The van der Waals surface area contributed by atoms with Crippen LogP contribution in [-0.2, 0) is 11.3 Å². The van der Waals surface area contributed by atoms with Crippen molar-refractivity contribution in [3.8, 4) is 0 Å². The number of aromatic nitrogens is 3. The molecule has 0 atom stereocenters. The first-order valence-corrected chi connectivity index (χ1v) is 8.21. The quantitative estimate of drug-likeness (QED) is 0.658. The van der Waals surface area contributed by atoms with Crippen LogP contribution in [0, 0.1) is 17.0 Å². The molecular formula is C16H20N6O3. The molecule has 9 nitrogen and oxygen atoms in total. The third-order valence-corrected chi connectivity index (χ3v) is 4.23. The third-order valence-electron chi connectivity index (χ3n) is 4.23. The normalized spacial score (nSPS) is 14.4. The first kappa shape index (κ1) is 16.9. The van der Waals surface area contributed by atoms with Gasteiger partial charge in [0.1, 0.15) is 12.7 Å². The number of carbonyl (C=O) groups excluding carboxylic acids is 1. The van der Waals surface area contributed by atoms with Crippen LogP contribution >= 0.6 is 0 Å².